The average Bonchev–Trinajstić information content (AvgIpc) is 3.01. The van der Waals surface area contributed by atoms with Crippen LogP contribution in [0.1, 0.15) is 5.69 Å². The molecule has 0 spiro atoms. The number of aromatic amines is 1. The molecule has 2 N–H and O–H groups in total. The molecular weight excluding hydrogens is 288 g/mol. The number of rotatable bonds is 6. The third-order valence-corrected chi connectivity index (χ3v) is 3.01. The number of hydrogen-bond donors (Lipinski definition) is 2. The Hall–Kier alpha value is -2.90. The fourth-order valence-corrected chi connectivity index (χ4v) is 1.94. The van der Waals surface area contributed by atoms with Crippen LogP contribution in [0, 0.1) is 0 Å². The summed E-state index contributed by atoms with van der Waals surface area (Å²) in [6.45, 7) is -0.170. The van der Waals surface area contributed by atoms with Crippen molar-refractivity contribution in [2.45, 2.75) is 19.0 Å². The highest BCUT2D eigenvalue weighted by Gasteiger charge is 2.22. The number of ether oxygens (including phenoxy) is 1. The molecule has 2 rings (SSSR count). The minimum absolute atomic E-state index is 0.170. The van der Waals surface area contributed by atoms with Crippen molar-refractivity contribution in [3.8, 4) is 0 Å². The van der Waals surface area contributed by atoms with Crippen molar-refractivity contribution in [2.75, 3.05) is 7.11 Å². The van der Waals surface area contributed by atoms with Crippen LogP contribution < -0.4 is 10.9 Å². The molecule has 8 heteroatoms. The molecule has 0 aliphatic rings. The molecule has 8 nitrogen and oxygen atoms in total. The van der Waals surface area contributed by atoms with Gasteiger partial charge in [-0.05, 0) is 6.07 Å². The Labute approximate surface area is 126 Å². The average molecular weight is 304 g/mol. The highest BCUT2D eigenvalue weighted by atomic mass is 16.5. The van der Waals surface area contributed by atoms with Gasteiger partial charge in [-0.1, -0.05) is 6.07 Å². The lowest BCUT2D eigenvalue weighted by molar-refractivity contribution is -0.145. The number of aromatic nitrogens is 3. The van der Waals surface area contributed by atoms with Crippen molar-refractivity contribution >= 4 is 11.9 Å². The number of carbonyl (C=O) groups is 2. The number of nitrogens with zero attached hydrogens (tertiary/aromatic N) is 2. The third kappa shape index (κ3) is 4.05. The van der Waals surface area contributed by atoms with E-state index >= 15 is 0 Å². The Kier molecular flexibility index (Phi) is 5.07. The van der Waals surface area contributed by atoms with E-state index in [1.54, 1.807) is 18.3 Å². The van der Waals surface area contributed by atoms with Crippen molar-refractivity contribution in [1.82, 2.24) is 19.9 Å². The van der Waals surface area contributed by atoms with E-state index < -0.39 is 17.9 Å². The van der Waals surface area contributed by atoms with E-state index in [0.717, 1.165) is 0 Å². The van der Waals surface area contributed by atoms with Gasteiger partial charge >= 0.3 is 5.97 Å². The van der Waals surface area contributed by atoms with E-state index in [9.17, 15) is 14.4 Å². The van der Waals surface area contributed by atoms with Crippen LogP contribution in [0.4, 0.5) is 0 Å². The number of amides is 1. The van der Waals surface area contributed by atoms with Gasteiger partial charge in [0.15, 0.2) is 0 Å². The Morgan fingerprint density at radius 3 is 2.91 bits per heavy atom. The van der Waals surface area contributed by atoms with Crippen LogP contribution in [0.5, 0.6) is 0 Å². The molecule has 22 heavy (non-hydrogen) atoms. The smallest absolute Gasteiger partial charge is 0.328 e. The van der Waals surface area contributed by atoms with Gasteiger partial charge in [-0.25, -0.2) is 9.78 Å². The summed E-state index contributed by atoms with van der Waals surface area (Å²) in [6, 6.07) is 3.75. The molecule has 2 aromatic rings. The van der Waals surface area contributed by atoms with Crippen molar-refractivity contribution in [3.05, 3.63) is 53.0 Å². The molecule has 2 aromatic heterocycles. The van der Waals surface area contributed by atoms with E-state index in [-0.39, 0.29) is 18.5 Å². The van der Waals surface area contributed by atoms with Crippen molar-refractivity contribution in [1.29, 1.82) is 0 Å². The second-order valence-corrected chi connectivity index (χ2v) is 4.59. The zero-order valence-corrected chi connectivity index (χ0v) is 12.0. The largest absolute Gasteiger partial charge is 0.467 e. The Morgan fingerprint density at radius 1 is 1.45 bits per heavy atom. The summed E-state index contributed by atoms with van der Waals surface area (Å²) in [5.41, 5.74) is 0.397. The number of H-pyrrole nitrogens is 1. The number of nitrogens with one attached hydrogen (secondary N) is 2. The summed E-state index contributed by atoms with van der Waals surface area (Å²) in [7, 11) is 1.25. The Bertz CT molecular complexity index is 693. The van der Waals surface area contributed by atoms with E-state index in [1.165, 1.54) is 30.3 Å². The maximum Gasteiger partial charge on any atom is 0.328 e. The Balaban J connectivity index is 2.03. The van der Waals surface area contributed by atoms with Gasteiger partial charge in [0.05, 0.1) is 13.4 Å². The summed E-state index contributed by atoms with van der Waals surface area (Å²) < 4.78 is 5.93. The summed E-state index contributed by atoms with van der Waals surface area (Å²) in [6.07, 6.45) is 4.77. The van der Waals surface area contributed by atoms with Crippen molar-refractivity contribution in [2.24, 2.45) is 0 Å². The first kappa shape index (κ1) is 15.5. The standard InChI is InChI=1S/C14H16N4O4/c1-22-14(21)11(6-10-7-15-9-16-10)17-12(19)8-18-5-3-2-4-13(18)20/h2-5,7,9,11H,6,8H2,1H3,(H,15,16)(H,17,19)/t11-/m0/s1. The van der Waals surface area contributed by atoms with Gasteiger partial charge in [-0.2, -0.15) is 0 Å². The SMILES string of the molecule is COC(=O)[C@H](Cc1cnc[nH]1)NC(=O)Cn1ccccc1=O. The minimum atomic E-state index is -0.850. The fourth-order valence-electron chi connectivity index (χ4n) is 1.94. The molecule has 0 bridgehead atoms. The number of pyridine rings is 1. The number of esters is 1. The first-order chi connectivity index (χ1) is 10.6. The maximum atomic E-state index is 12.0. The molecule has 0 aromatic carbocycles. The zero-order chi connectivity index (χ0) is 15.9. The highest BCUT2D eigenvalue weighted by molar-refractivity contribution is 5.84. The molecule has 0 unspecified atom stereocenters. The van der Waals surface area contributed by atoms with Gasteiger partial charge < -0.3 is 19.6 Å². The minimum Gasteiger partial charge on any atom is -0.467 e. The molecule has 0 fully saturated rings. The quantitative estimate of drug-likeness (QED) is 0.698. The number of carbonyl (C=O) groups excluding carboxylic acids is 2. The lowest BCUT2D eigenvalue weighted by atomic mass is 10.1. The molecular formula is C14H16N4O4. The predicted molar refractivity (Wildman–Crippen MR) is 76.9 cm³/mol. The van der Waals surface area contributed by atoms with E-state index in [2.05, 4.69) is 20.0 Å². The van der Waals surface area contributed by atoms with Gasteiger partial charge in [0.25, 0.3) is 5.56 Å². The van der Waals surface area contributed by atoms with Gasteiger partial charge in [0, 0.05) is 30.6 Å². The van der Waals surface area contributed by atoms with Gasteiger partial charge in [-0.15, -0.1) is 0 Å². The van der Waals surface area contributed by atoms with Crippen LogP contribution in [0.25, 0.3) is 0 Å². The van der Waals surface area contributed by atoms with Crippen LogP contribution in [-0.2, 0) is 27.3 Å². The van der Waals surface area contributed by atoms with Gasteiger partial charge in [0.2, 0.25) is 5.91 Å². The van der Waals surface area contributed by atoms with E-state index in [0.29, 0.717) is 5.69 Å². The van der Waals surface area contributed by atoms with E-state index in [4.69, 9.17) is 0 Å². The molecule has 116 valence electrons. The van der Waals surface area contributed by atoms with Crippen molar-refractivity contribution in [3.63, 3.8) is 0 Å². The summed E-state index contributed by atoms with van der Waals surface area (Å²) in [5, 5.41) is 2.56. The first-order valence-corrected chi connectivity index (χ1v) is 6.60. The normalized spacial score (nSPS) is 11.7. The second kappa shape index (κ2) is 7.21. The van der Waals surface area contributed by atoms with Crippen molar-refractivity contribution < 1.29 is 14.3 Å². The molecule has 0 saturated carbocycles. The predicted octanol–water partition coefficient (Wildman–Crippen LogP) is -0.528. The number of hydrogen-bond acceptors (Lipinski definition) is 5. The molecule has 2 heterocycles. The van der Waals surface area contributed by atoms with Crippen LogP contribution >= 0.6 is 0 Å². The maximum absolute atomic E-state index is 12.0. The highest BCUT2D eigenvalue weighted by Crippen LogP contribution is 2.00. The van der Waals surface area contributed by atoms with Crippen LogP contribution in [-0.4, -0.2) is 39.6 Å². The summed E-state index contributed by atoms with van der Waals surface area (Å²) in [5.74, 6) is -1.02. The topological polar surface area (TPSA) is 106 Å². The summed E-state index contributed by atoms with van der Waals surface area (Å²) in [4.78, 5) is 42.0. The van der Waals surface area contributed by atoms with Gasteiger partial charge in [0.1, 0.15) is 12.6 Å². The monoisotopic (exact) mass is 304 g/mol. The lowest BCUT2D eigenvalue weighted by Crippen LogP contribution is -2.45. The first-order valence-electron chi connectivity index (χ1n) is 6.60. The molecule has 1 amide bonds. The number of imidazole rings is 1. The van der Waals surface area contributed by atoms with Crippen LogP contribution in [0.3, 0.4) is 0 Å². The van der Waals surface area contributed by atoms with Gasteiger partial charge in [-0.3, -0.25) is 9.59 Å². The molecule has 0 aliphatic heterocycles. The van der Waals surface area contributed by atoms with Crippen LogP contribution in [0.15, 0.2) is 41.7 Å². The summed E-state index contributed by atoms with van der Waals surface area (Å²) >= 11 is 0. The third-order valence-electron chi connectivity index (χ3n) is 3.01. The zero-order valence-electron chi connectivity index (χ0n) is 12.0. The fraction of sp³-hybridized carbons (Fsp3) is 0.286. The van der Waals surface area contributed by atoms with Crippen LogP contribution in [0.2, 0.25) is 0 Å². The molecule has 0 aliphatic carbocycles. The Morgan fingerprint density at radius 2 is 2.27 bits per heavy atom. The number of methoxy groups -OCH3 is 1. The molecule has 1 atom stereocenters. The molecule has 0 saturated heterocycles. The second-order valence-electron chi connectivity index (χ2n) is 4.59. The van der Waals surface area contributed by atoms with E-state index in [1.807, 2.05) is 0 Å². The lowest BCUT2D eigenvalue weighted by Gasteiger charge is -2.16. The molecule has 0 radical (unpaired) electrons.